The first-order valence-corrected chi connectivity index (χ1v) is 5.24. The highest BCUT2D eigenvalue weighted by Gasteiger charge is 2.29. The van der Waals surface area contributed by atoms with Crippen molar-refractivity contribution in [3.63, 3.8) is 0 Å². The molecule has 0 aromatic heterocycles. The molecule has 0 amide bonds. The van der Waals surface area contributed by atoms with E-state index in [0.29, 0.717) is 18.1 Å². The van der Waals surface area contributed by atoms with Gasteiger partial charge in [0.15, 0.2) is 0 Å². The number of carbonyl (C=O) groups excluding carboxylic acids is 1. The predicted octanol–water partition coefficient (Wildman–Crippen LogP) is 2.26. The number of thioether (sulfide) groups is 1. The highest BCUT2D eigenvalue weighted by molar-refractivity contribution is 8.13. The lowest BCUT2D eigenvalue weighted by molar-refractivity contribution is -0.119. The molecule has 0 heterocycles. The van der Waals surface area contributed by atoms with Crippen LogP contribution in [0.2, 0.25) is 0 Å². The number of Topliss-reactive ketones (excluding diaryl/α,β-unsaturated/α-hetero) is 1. The standard InChI is InChI=1S/C9H13NOS/c1-3-10-9(12-2)6-8(11)7-4-5-7/h3,7H,1,4-6H2,2H3. The van der Waals surface area contributed by atoms with E-state index >= 15 is 0 Å². The zero-order valence-electron chi connectivity index (χ0n) is 7.25. The molecule has 1 saturated carbocycles. The van der Waals surface area contributed by atoms with Crippen LogP contribution in [0.15, 0.2) is 17.8 Å². The molecule has 0 unspecified atom stereocenters. The van der Waals surface area contributed by atoms with Gasteiger partial charge in [-0.1, -0.05) is 6.58 Å². The molecule has 1 aliphatic carbocycles. The quantitative estimate of drug-likeness (QED) is 0.494. The fourth-order valence-corrected chi connectivity index (χ4v) is 1.44. The third kappa shape index (κ3) is 2.81. The Bertz CT molecular complexity index is 219. The Balaban J connectivity index is 2.40. The number of carbonyl (C=O) groups is 1. The maximum atomic E-state index is 11.3. The van der Waals surface area contributed by atoms with Crippen LogP contribution >= 0.6 is 11.8 Å². The number of hydrogen-bond acceptors (Lipinski definition) is 3. The van der Waals surface area contributed by atoms with Gasteiger partial charge in [-0.05, 0) is 19.1 Å². The van der Waals surface area contributed by atoms with E-state index in [9.17, 15) is 4.79 Å². The lowest BCUT2D eigenvalue weighted by Gasteiger charge is -1.98. The summed E-state index contributed by atoms with van der Waals surface area (Å²) in [7, 11) is 0. The predicted molar refractivity (Wildman–Crippen MR) is 53.5 cm³/mol. The van der Waals surface area contributed by atoms with E-state index in [0.717, 1.165) is 17.9 Å². The fraction of sp³-hybridized carbons (Fsp3) is 0.556. The molecule has 0 aromatic carbocycles. The van der Waals surface area contributed by atoms with Crippen molar-refractivity contribution < 1.29 is 4.79 Å². The van der Waals surface area contributed by atoms with Crippen molar-refractivity contribution in [3.05, 3.63) is 12.8 Å². The van der Waals surface area contributed by atoms with Gasteiger partial charge in [-0.15, -0.1) is 11.8 Å². The van der Waals surface area contributed by atoms with Crippen LogP contribution in [0.5, 0.6) is 0 Å². The third-order valence-corrected chi connectivity index (χ3v) is 2.55. The maximum Gasteiger partial charge on any atom is 0.142 e. The zero-order chi connectivity index (χ0) is 8.97. The molecule has 0 radical (unpaired) electrons. The van der Waals surface area contributed by atoms with Crippen LogP contribution < -0.4 is 0 Å². The fourth-order valence-electron chi connectivity index (χ4n) is 0.971. The van der Waals surface area contributed by atoms with Gasteiger partial charge in [0.1, 0.15) is 5.78 Å². The van der Waals surface area contributed by atoms with Gasteiger partial charge in [-0.2, -0.15) is 0 Å². The third-order valence-electron chi connectivity index (χ3n) is 1.83. The van der Waals surface area contributed by atoms with Gasteiger partial charge < -0.3 is 0 Å². The Morgan fingerprint density at radius 1 is 1.75 bits per heavy atom. The molecule has 0 bridgehead atoms. The second kappa shape index (κ2) is 4.45. The van der Waals surface area contributed by atoms with Gasteiger partial charge >= 0.3 is 0 Å². The summed E-state index contributed by atoms with van der Waals surface area (Å²) in [4.78, 5) is 15.3. The molecule has 0 spiro atoms. The minimum Gasteiger partial charge on any atom is -0.299 e. The van der Waals surface area contributed by atoms with Gasteiger partial charge in [-0.3, -0.25) is 9.79 Å². The van der Waals surface area contributed by atoms with E-state index in [4.69, 9.17) is 0 Å². The minimum atomic E-state index is 0.338. The van der Waals surface area contributed by atoms with Crippen LogP contribution in [0, 0.1) is 5.92 Å². The molecular formula is C9H13NOS. The summed E-state index contributed by atoms with van der Waals surface area (Å²) >= 11 is 1.53. The van der Waals surface area contributed by atoms with E-state index in [1.807, 2.05) is 6.26 Å². The van der Waals surface area contributed by atoms with Crippen LogP contribution in [0.1, 0.15) is 19.3 Å². The Morgan fingerprint density at radius 2 is 2.42 bits per heavy atom. The molecular weight excluding hydrogens is 170 g/mol. The normalized spacial score (nSPS) is 17.6. The molecule has 0 aliphatic heterocycles. The van der Waals surface area contributed by atoms with Crippen molar-refractivity contribution in [2.75, 3.05) is 6.26 Å². The minimum absolute atomic E-state index is 0.338. The summed E-state index contributed by atoms with van der Waals surface area (Å²) < 4.78 is 0. The second-order valence-electron chi connectivity index (χ2n) is 2.83. The topological polar surface area (TPSA) is 29.4 Å². The van der Waals surface area contributed by atoms with E-state index in [-0.39, 0.29) is 0 Å². The average molecular weight is 183 g/mol. The molecule has 3 heteroatoms. The average Bonchev–Trinajstić information content (AvgIpc) is 2.85. The summed E-state index contributed by atoms with van der Waals surface area (Å²) in [6.45, 7) is 3.50. The first-order valence-electron chi connectivity index (χ1n) is 4.02. The van der Waals surface area contributed by atoms with Gasteiger partial charge in [0.25, 0.3) is 0 Å². The maximum absolute atomic E-state index is 11.3. The van der Waals surface area contributed by atoms with Crippen molar-refractivity contribution in [2.45, 2.75) is 19.3 Å². The smallest absolute Gasteiger partial charge is 0.142 e. The number of aliphatic imine (C=N–C) groups is 1. The second-order valence-corrected chi connectivity index (χ2v) is 3.71. The van der Waals surface area contributed by atoms with Gasteiger partial charge in [0.05, 0.1) is 11.5 Å². The molecule has 0 saturated heterocycles. The first kappa shape index (κ1) is 9.52. The molecule has 0 atom stereocenters. The molecule has 0 N–H and O–H groups in total. The molecule has 1 fully saturated rings. The molecule has 1 rings (SSSR count). The largest absolute Gasteiger partial charge is 0.299 e. The van der Waals surface area contributed by atoms with Crippen molar-refractivity contribution >= 4 is 22.6 Å². The summed E-state index contributed by atoms with van der Waals surface area (Å²) in [5, 5.41) is 0.877. The van der Waals surface area contributed by atoms with Crippen LogP contribution in [0.4, 0.5) is 0 Å². The highest BCUT2D eigenvalue weighted by Crippen LogP contribution is 2.31. The van der Waals surface area contributed by atoms with E-state index in [2.05, 4.69) is 11.6 Å². The SMILES string of the molecule is C=CN=C(CC(=O)C1CC1)SC. The van der Waals surface area contributed by atoms with Crippen LogP contribution in [-0.4, -0.2) is 17.1 Å². The number of hydrogen-bond donors (Lipinski definition) is 0. The number of rotatable bonds is 4. The van der Waals surface area contributed by atoms with Crippen molar-refractivity contribution in [1.29, 1.82) is 0 Å². The molecule has 1 aliphatic rings. The zero-order valence-corrected chi connectivity index (χ0v) is 8.06. The lowest BCUT2D eigenvalue weighted by Crippen LogP contribution is -2.05. The van der Waals surface area contributed by atoms with Crippen molar-refractivity contribution in [3.8, 4) is 0 Å². The number of nitrogens with zero attached hydrogens (tertiary/aromatic N) is 1. The van der Waals surface area contributed by atoms with Crippen LogP contribution in [0.25, 0.3) is 0 Å². The Hall–Kier alpha value is -0.570. The van der Waals surface area contributed by atoms with E-state index in [1.54, 1.807) is 0 Å². The van der Waals surface area contributed by atoms with Crippen LogP contribution in [-0.2, 0) is 4.79 Å². The lowest BCUT2D eigenvalue weighted by atomic mass is 10.2. The highest BCUT2D eigenvalue weighted by atomic mass is 32.2. The molecule has 2 nitrogen and oxygen atoms in total. The molecule has 12 heavy (non-hydrogen) atoms. The van der Waals surface area contributed by atoms with Gasteiger partial charge in [0.2, 0.25) is 0 Å². The van der Waals surface area contributed by atoms with Gasteiger partial charge in [0, 0.05) is 12.1 Å². The van der Waals surface area contributed by atoms with E-state index < -0.39 is 0 Å². The first-order chi connectivity index (χ1) is 5.77. The molecule has 0 aromatic rings. The van der Waals surface area contributed by atoms with Gasteiger partial charge in [-0.25, -0.2) is 0 Å². The van der Waals surface area contributed by atoms with Crippen molar-refractivity contribution in [2.24, 2.45) is 10.9 Å². The summed E-state index contributed by atoms with van der Waals surface area (Å²) in [6, 6.07) is 0. The summed E-state index contributed by atoms with van der Waals surface area (Å²) in [5.74, 6) is 0.678. The van der Waals surface area contributed by atoms with E-state index in [1.165, 1.54) is 18.0 Å². The Labute approximate surface area is 77.1 Å². The molecule has 66 valence electrons. The number of ketones is 1. The van der Waals surface area contributed by atoms with Crippen LogP contribution in [0.3, 0.4) is 0 Å². The Morgan fingerprint density at radius 3 is 2.83 bits per heavy atom. The Kier molecular flexibility index (Phi) is 3.53. The monoisotopic (exact) mass is 183 g/mol. The summed E-state index contributed by atoms with van der Waals surface area (Å²) in [5.41, 5.74) is 0. The summed E-state index contributed by atoms with van der Waals surface area (Å²) in [6.07, 6.45) is 6.08. The van der Waals surface area contributed by atoms with Crippen molar-refractivity contribution in [1.82, 2.24) is 0 Å².